The number of benzene rings is 1. The summed E-state index contributed by atoms with van der Waals surface area (Å²) in [5.74, 6) is 0.814. The molecule has 2 rings (SSSR count). The maximum Gasteiger partial charge on any atom is 0.253 e. The van der Waals surface area contributed by atoms with Crippen LogP contribution in [0.3, 0.4) is 0 Å². The average molecular weight is 376 g/mol. The SMILES string of the molecule is CCCCCCOc1ccc([C@H]2NC(=S)NC(C)=C2C(=O)N(C)C)cc1. The van der Waals surface area contributed by atoms with E-state index in [2.05, 4.69) is 17.6 Å². The van der Waals surface area contributed by atoms with Crippen LogP contribution in [0.2, 0.25) is 0 Å². The number of nitrogens with one attached hydrogen (secondary N) is 2. The van der Waals surface area contributed by atoms with Crippen molar-refractivity contribution in [1.82, 2.24) is 15.5 Å². The molecule has 1 aromatic carbocycles. The van der Waals surface area contributed by atoms with Gasteiger partial charge in [-0.1, -0.05) is 38.3 Å². The van der Waals surface area contributed by atoms with Gasteiger partial charge in [0.05, 0.1) is 18.2 Å². The summed E-state index contributed by atoms with van der Waals surface area (Å²) < 4.78 is 5.80. The summed E-state index contributed by atoms with van der Waals surface area (Å²) in [5, 5.41) is 6.78. The van der Waals surface area contributed by atoms with Crippen LogP contribution in [0.25, 0.3) is 0 Å². The van der Waals surface area contributed by atoms with E-state index in [1.165, 1.54) is 19.3 Å². The highest BCUT2D eigenvalue weighted by molar-refractivity contribution is 7.80. The highest BCUT2D eigenvalue weighted by Gasteiger charge is 2.30. The van der Waals surface area contributed by atoms with Crippen molar-refractivity contribution in [2.75, 3.05) is 20.7 Å². The second-order valence-corrected chi connectivity index (χ2v) is 7.16. The van der Waals surface area contributed by atoms with Crippen LogP contribution >= 0.6 is 12.2 Å². The molecule has 0 unspecified atom stereocenters. The summed E-state index contributed by atoms with van der Waals surface area (Å²) in [6.07, 6.45) is 4.74. The number of hydrogen-bond acceptors (Lipinski definition) is 3. The van der Waals surface area contributed by atoms with Gasteiger partial charge in [0.25, 0.3) is 5.91 Å². The second kappa shape index (κ2) is 9.57. The zero-order valence-corrected chi connectivity index (χ0v) is 16.9. The third-order valence-corrected chi connectivity index (χ3v) is 4.61. The van der Waals surface area contributed by atoms with Crippen LogP contribution in [-0.2, 0) is 4.79 Å². The molecular weight excluding hydrogens is 346 g/mol. The molecule has 6 heteroatoms. The Morgan fingerprint density at radius 3 is 2.50 bits per heavy atom. The zero-order chi connectivity index (χ0) is 19.1. The number of ether oxygens (including phenoxy) is 1. The quantitative estimate of drug-likeness (QED) is 0.538. The van der Waals surface area contributed by atoms with Crippen molar-refractivity contribution in [1.29, 1.82) is 0 Å². The Balaban J connectivity index is 2.11. The third kappa shape index (κ3) is 5.21. The lowest BCUT2D eigenvalue weighted by Crippen LogP contribution is -2.46. The molecule has 2 N–H and O–H groups in total. The Kier molecular flexibility index (Phi) is 7.45. The summed E-state index contributed by atoms with van der Waals surface area (Å²) in [6.45, 7) is 4.81. The van der Waals surface area contributed by atoms with Crippen molar-refractivity contribution < 1.29 is 9.53 Å². The molecule has 0 aromatic heterocycles. The topological polar surface area (TPSA) is 53.6 Å². The highest BCUT2D eigenvalue weighted by atomic mass is 32.1. The van der Waals surface area contributed by atoms with Gasteiger partial charge in [0.1, 0.15) is 5.75 Å². The van der Waals surface area contributed by atoms with Crippen LogP contribution in [0, 0.1) is 0 Å². The van der Waals surface area contributed by atoms with Gasteiger partial charge in [0.2, 0.25) is 0 Å². The number of hydrogen-bond donors (Lipinski definition) is 2. The van der Waals surface area contributed by atoms with Crippen LogP contribution in [0.1, 0.15) is 51.1 Å². The Morgan fingerprint density at radius 1 is 1.19 bits per heavy atom. The van der Waals surface area contributed by atoms with Gasteiger partial charge >= 0.3 is 0 Å². The summed E-state index contributed by atoms with van der Waals surface area (Å²) in [6, 6.07) is 7.62. The number of carbonyl (C=O) groups is 1. The van der Waals surface area contributed by atoms with Crippen molar-refractivity contribution >= 4 is 23.2 Å². The molecule has 0 spiro atoms. The monoisotopic (exact) mass is 375 g/mol. The Hall–Kier alpha value is -2.08. The van der Waals surface area contributed by atoms with Crippen LogP contribution in [0.15, 0.2) is 35.5 Å². The predicted molar refractivity (Wildman–Crippen MR) is 109 cm³/mol. The lowest BCUT2D eigenvalue weighted by molar-refractivity contribution is -0.125. The number of thiocarbonyl (C=S) groups is 1. The molecule has 0 saturated heterocycles. The van der Waals surface area contributed by atoms with Gasteiger partial charge in [-0.25, -0.2) is 0 Å². The minimum atomic E-state index is -0.266. The lowest BCUT2D eigenvalue weighted by Gasteiger charge is -2.31. The first kappa shape index (κ1) is 20.2. The van der Waals surface area contributed by atoms with Gasteiger partial charge < -0.3 is 20.3 Å². The second-order valence-electron chi connectivity index (χ2n) is 6.75. The maximum atomic E-state index is 12.6. The number of nitrogens with zero attached hydrogens (tertiary/aromatic N) is 1. The van der Waals surface area contributed by atoms with Crippen LogP contribution in [0.4, 0.5) is 0 Å². The zero-order valence-electron chi connectivity index (χ0n) is 16.1. The van der Waals surface area contributed by atoms with Crippen molar-refractivity contribution in [2.24, 2.45) is 0 Å². The van der Waals surface area contributed by atoms with E-state index in [9.17, 15) is 4.79 Å². The van der Waals surface area contributed by atoms with Gasteiger partial charge in [-0.05, 0) is 43.3 Å². The van der Waals surface area contributed by atoms with Crippen molar-refractivity contribution in [3.63, 3.8) is 0 Å². The molecule has 1 heterocycles. The fraction of sp³-hybridized carbons (Fsp3) is 0.500. The molecule has 0 radical (unpaired) electrons. The molecular formula is C20H29N3O2S. The van der Waals surface area contributed by atoms with Crippen molar-refractivity contribution in [3.05, 3.63) is 41.1 Å². The van der Waals surface area contributed by atoms with E-state index in [0.29, 0.717) is 10.7 Å². The smallest absolute Gasteiger partial charge is 0.253 e. The van der Waals surface area contributed by atoms with Crippen LogP contribution in [0.5, 0.6) is 5.75 Å². The van der Waals surface area contributed by atoms with E-state index < -0.39 is 0 Å². The van der Waals surface area contributed by atoms with Crippen LogP contribution < -0.4 is 15.4 Å². The highest BCUT2D eigenvalue weighted by Crippen LogP contribution is 2.29. The fourth-order valence-electron chi connectivity index (χ4n) is 2.94. The number of rotatable bonds is 8. The molecule has 0 saturated carbocycles. The Bertz CT molecular complexity index is 668. The number of carbonyl (C=O) groups excluding carboxylic acids is 1. The minimum absolute atomic E-state index is 0.0359. The van der Waals surface area contributed by atoms with E-state index in [1.807, 2.05) is 31.2 Å². The van der Waals surface area contributed by atoms with Crippen molar-refractivity contribution in [2.45, 2.75) is 45.6 Å². The largest absolute Gasteiger partial charge is 0.494 e. The number of allylic oxidation sites excluding steroid dienone is 1. The average Bonchev–Trinajstić information content (AvgIpc) is 2.61. The number of unbranched alkanes of at least 4 members (excludes halogenated alkanes) is 3. The molecule has 1 aliphatic heterocycles. The van der Waals surface area contributed by atoms with Gasteiger partial charge in [0.15, 0.2) is 5.11 Å². The first-order chi connectivity index (χ1) is 12.4. The standard InChI is InChI=1S/C20H29N3O2S/c1-5-6-7-8-13-25-16-11-9-15(10-12-16)18-17(19(24)23(3)4)14(2)21-20(26)22-18/h9-12,18H,5-8,13H2,1-4H3,(H2,21,22,26)/t18-/m1/s1. The van der Waals surface area contributed by atoms with Gasteiger partial charge in [-0.3, -0.25) is 4.79 Å². The van der Waals surface area contributed by atoms with Gasteiger partial charge in [-0.15, -0.1) is 0 Å². The van der Waals surface area contributed by atoms with E-state index >= 15 is 0 Å². The normalized spacial score (nSPS) is 16.8. The van der Waals surface area contributed by atoms with E-state index in [-0.39, 0.29) is 11.9 Å². The number of likely N-dealkylation sites (N-methyl/N-ethyl adjacent to an activating group) is 1. The summed E-state index contributed by atoms with van der Waals surface area (Å²) >= 11 is 5.28. The minimum Gasteiger partial charge on any atom is -0.494 e. The maximum absolute atomic E-state index is 12.6. The summed E-state index contributed by atoms with van der Waals surface area (Å²) in [4.78, 5) is 14.2. The third-order valence-electron chi connectivity index (χ3n) is 4.39. The molecule has 5 nitrogen and oxygen atoms in total. The Morgan fingerprint density at radius 2 is 1.88 bits per heavy atom. The van der Waals surface area contributed by atoms with Crippen molar-refractivity contribution in [3.8, 4) is 5.75 Å². The molecule has 0 fully saturated rings. The molecule has 142 valence electrons. The molecule has 1 amide bonds. The number of amides is 1. The van der Waals surface area contributed by atoms with Gasteiger partial charge in [-0.2, -0.15) is 0 Å². The van der Waals surface area contributed by atoms with Crippen LogP contribution in [-0.4, -0.2) is 36.6 Å². The van der Waals surface area contributed by atoms with E-state index in [1.54, 1.807) is 19.0 Å². The summed E-state index contributed by atoms with van der Waals surface area (Å²) in [5.41, 5.74) is 2.45. The van der Waals surface area contributed by atoms with E-state index in [0.717, 1.165) is 30.0 Å². The summed E-state index contributed by atoms with van der Waals surface area (Å²) in [7, 11) is 3.50. The predicted octanol–water partition coefficient (Wildman–Crippen LogP) is 3.53. The lowest BCUT2D eigenvalue weighted by atomic mass is 9.94. The molecule has 1 aromatic rings. The molecule has 26 heavy (non-hydrogen) atoms. The molecule has 1 atom stereocenters. The molecule has 0 aliphatic carbocycles. The van der Waals surface area contributed by atoms with Gasteiger partial charge in [0, 0.05) is 19.8 Å². The first-order valence-electron chi connectivity index (χ1n) is 9.16. The molecule has 0 bridgehead atoms. The Labute approximate surface area is 161 Å². The fourth-order valence-corrected chi connectivity index (χ4v) is 3.21. The first-order valence-corrected chi connectivity index (χ1v) is 9.57. The van der Waals surface area contributed by atoms with E-state index in [4.69, 9.17) is 17.0 Å². The molecule has 1 aliphatic rings.